The Morgan fingerprint density at radius 3 is 1.58 bits per heavy atom. The molecule has 3 aromatic carbocycles. The van der Waals surface area contributed by atoms with Crippen molar-refractivity contribution < 1.29 is 21.1 Å². The second-order valence-electron chi connectivity index (χ2n) is 9.14. The molecule has 0 radical (unpaired) electrons. The fraction of sp³-hybridized carbons (Fsp3) is 0.0645. The fourth-order valence-electron chi connectivity index (χ4n) is 4.93. The molecular weight excluding hydrogens is 648 g/mol. The third-order valence-electron chi connectivity index (χ3n) is 6.62. The van der Waals surface area contributed by atoms with Crippen molar-refractivity contribution in [3.63, 3.8) is 0 Å². The molecule has 38 heavy (non-hydrogen) atoms. The molecule has 7 heteroatoms. The van der Waals surface area contributed by atoms with Crippen LogP contribution in [-0.4, -0.2) is 29.5 Å². The van der Waals surface area contributed by atoms with Gasteiger partial charge in [-0.2, -0.15) is 10.9 Å². The molecule has 0 saturated heterocycles. The average molecular weight is 679 g/mol. The molecule has 0 amide bonds. The summed E-state index contributed by atoms with van der Waals surface area (Å²) >= 11 is 0. The van der Waals surface area contributed by atoms with Gasteiger partial charge >= 0.3 is 6.42 Å². The van der Waals surface area contributed by atoms with Gasteiger partial charge in [-0.25, -0.2) is 9.13 Å². The van der Waals surface area contributed by atoms with E-state index in [1.54, 1.807) is 6.20 Å². The van der Waals surface area contributed by atoms with Crippen molar-refractivity contribution in [1.29, 1.82) is 0 Å². The van der Waals surface area contributed by atoms with Crippen molar-refractivity contribution in [2.75, 3.05) is 0 Å². The molecule has 3 heterocycles. The van der Waals surface area contributed by atoms with E-state index in [0.717, 1.165) is 11.3 Å². The van der Waals surface area contributed by atoms with Crippen LogP contribution >= 0.6 is 0 Å². The van der Waals surface area contributed by atoms with Gasteiger partial charge in [-0.05, 0) is 11.8 Å². The van der Waals surface area contributed by atoms with Crippen LogP contribution in [0.25, 0.3) is 11.3 Å². The Hall–Kier alpha value is -4.02. The van der Waals surface area contributed by atoms with Gasteiger partial charge in [0.1, 0.15) is 25.0 Å². The van der Waals surface area contributed by atoms with Gasteiger partial charge in [-0.3, -0.25) is 0 Å². The Bertz CT molecular complexity index is 1420. The maximum atomic E-state index is 4.22. The quantitative estimate of drug-likeness (QED) is 0.192. The van der Waals surface area contributed by atoms with Gasteiger partial charge < -0.3 is 13.9 Å². The molecule has 192 valence electrons. The molecule has 0 fully saturated rings. The van der Waals surface area contributed by atoms with Crippen molar-refractivity contribution in [2.24, 2.45) is 14.1 Å². The van der Waals surface area contributed by atoms with E-state index < -0.39 is 6.42 Å². The maximum absolute atomic E-state index is 4.22. The Labute approximate surface area is 238 Å². The van der Waals surface area contributed by atoms with Crippen molar-refractivity contribution in [3.8, 4) is 11.3 Å². The van der Waals surface area contributed by atoms with E-state index in [2.05, 4.69) is 141 Å². The van der Waals surface area contributed by atoms with Crippen LogP contribution in [0.15, 0.2) is 147 Å². The summed E-state index contributed by atoms with van der Waals surface area (Å²) in [7, 11) is 4.12. The van der Waals surface area contributed by atoms with Crippen molar-refractivity contribution in [2.45, 2.75) is 0 Å². The molecule has 6 rings (SSSR count). The average Bonchev–Trinajstić information content (AvgIpc) is 3.60. The molecule has 6 aromatic rings. The zero-order chi connectivity index (χ0) is 25.5. The van der Waals surface area contributed by atoms with E-state index in [-0.39, 0.29) is 21.1 Å². The Morgan fingerprint density at radius 2 is 1.16 bits per heavy atom. The minimum Gasteiger partial charge on any atom is -0.366 e. The molecule has 0 unspecified atom stereocenters. The zero-order valence-electron chi connectivity index (χ0n) is 21.5. The van der Waals surface area contributed by atoms with Gasteiger partial charge in [0.25, 0.3) is 0 Å². The predicted octanol–water partition coefficient (Wildman–Crippen LogP) is 4.73. The van der Waals surface area contributed by atoms with Crippen LogP contribution in [0.2, 0.25) is 0 Å². The van der Waals surface area contributed by atoms with Crippen LogP contribution in [-0.2, 0) is 35.2 Å². The van der Waals surface area contributed by atoms with Crippen molar-refractivity contribution in [3.05, 3.63) is 153 Å². The largest absolute Gasteiger partial charge is 0.366 e. The molecule has 3 aromatic heterocycles. The van der Waals surface area contributed by atoms with E-state index in [9.17, 15) is 0 Å². The maximum Gasteiger partial charge on any atom is 0.302 e. The molecule has 5 nitrogen and oxygen atoms in total. The molecule has 0 saturated carbocycles. The van der Waals surface area contributed by atoms with Gasteiger partial charge in [0, 0.05) is 41.4 Å². The van der Waals surface area contributed by atoms with Crippen LogP contribution in [0.1, 0.15) is 0 Å². The van der Waals surface area contributed by atoms with Gasteiger partial charge in [0.2, 0.25) is 0 Å². The van der Waals surface area contributed by atoms with Crippen molar-refractivity contribution in [1.82, 2.24) is 23.1 Å². The first kappa shape index (κ1) is 27.0. The van der Waals surface area contributed by atoms with Gasteiger partial charge in [-0.1, -0.05) is 72.8 Å². The molecule has 0 aliphatic rings. The first-order valence-corrected chi connectivity index (χ1v) is 12.4. The van der Waals surface area contributed by atoms with Crippen LogP contribution in [0.5, 0.6) is 0 Å². The van der Waals surface area contributed by atoms with E-state index in [0.29, 0.717) is 0 Å². The van der Waals surface area contributed by atoms with Crippen LogP contribution in [0.3, 0.4) is 0 Å². The predicted molar refractivity (Wildman–Crippen MR) is 153 cm³/mol. The number of imidazole rings is 2. The van der Waals surface area contributed by atoms with E-state index in [1.165, 1.54) is 10.9 Å². The number of pyridine rings is 1. The van der Waals surface area contributed by atoms with Gasteiger partial charge in [0.05, 0.1) is 0 Å². The fourth-order valence-corrected chi connectivity index (χ4v) is 4.93. The SMILES string of the molecule is Cn1ccn([B-](c2ccccc2)(c2ccccc2)n2ccn(C)[cH+]2)[cH+]1.[Pt].[c-]1ccccc1-c1ccccn1. The second kappa shape index (κ2) is 12.5. The third kappa shape index (κ3) is 5.61. The number of aryl methyl sites for hydroxylation is 2. The number of nitrogens with zero attached hydrogens (tertiary/aromatic N) is 5. The summed E-state index contributed by atoms with van der Waals surface area (Å²) in [4.78, 5) is 4.22. The van der Waals surface area contributed by atoms with Crippen LogP contribution in [0, 0.1) is 6.07 Å². The molecular formula is C31H30BN5Pt. The molecule has 0 aliphatic carbocycles. The summed E-state index contributed by atoms with van der Waals surface area (Å²) in [5.74, 6) is 0. The molecule has 0 N–H and O–H groups in total. The minimum absolute atomic E-state index is 0. The minimum atomic E-state index is -1.38. The summed E-state index contributed by atoms with van der Waals surface area (Å²) in [6.45, 7) is 0. The van der Waals surface area contributed by atoms with E-state index >= 15 is 0 Å². The summed E-state index contributed by atoms with van der Waals surface area (Å²) < 4.78 is 8.83. The summed E-state index contributed by atoms with van der Waals surface area (Å²) in [6.07, 6.45) is 13.2. The number of hydrogen-bond donors (Lipinski definition) is 0. The molecule has 0 aliphatic heterocycles. The number of rotatable bonds is 5. The van der Waals surface area contributed by atoms with E-state index in [1.807, 2.05) is 42.5 Å². The first-order valence-electron chi connectivity index (χ1n) is 12.4. The number of hydrogen-bond acceptors (Lipinski definition) is 1. The number of benzene rings is 3. The first-order chi connectivity index (χ1) is 18.2. The summed E-state index contributed by atoms with van der Waals surface area (Å²) in [6, 6.07) is 38.3. The topological polar surface area (TPSA) is 32.6 Å². The normalized spacial score (nSPS) is 10.7. The standard InChI is InChI=1S/C20H22BN4.C11H8N.Pt/c1-22-13-15-24(17-22)21(19-9-5-3-6-10-19,20-11-7-4-8-12-20)25-16-14-23(2)18-25;1-2-6-10(7-3-1)11-8-4-5-9-12-11;/h3-18H,1-2H3;1-6,8-9H;/q+1;-1;. The van der Waals surface area contributed by atoms with Gasteiger partial charge in [0.15, 0.2) is 12.4 Å². The Kier molecular flexibility index (Phi) is 8.88. The second-order valence-corrected chi connectivity index (χ2v) is 9.14. The monoisotopic (exact) mass is 678 g/mol. The molecule has 0 bridgehead atoms. The van der Waals surface area contributed by atoms with E-state index in [4.69, 9.17) is 0 Å². The summed E-state index contributed by atoms with van der Waals surface area (Å²) in [5, 5.41) is 0. The summed E-state index contributed by atoms with van der Waals surface area (Å²) in [5.41, 5.74) is 4.54. The van der Waals surface area contributed by atoms with Gasteiger partial charge in [-0.15, -0.1) is 35.9 Å². The smallest absolute Gasteiger partial charge is 0.302 e. The zero-order valence-corrected chi connectivity index (χ0v) is 23.8. The van der Waals surface area contributed by atoms with Crippen LogP contribution in [0.4, 0.5) is 0 Å². The van der Waals surface area contributed by atoms with Crippen LogP contribution < -0.4 is 10.9 Å². The van der Waals surface area contributed by atoms with Crippen molar-refractivity contribution >= 4 is 17.3 Å². The molecule has 0 spiro atoms. The Morgan fingerprint density at radius 1 is 0.632 bits per heavy atom. The third-order valence-corrected chi connectivity index (χ3v) is 6.62. The molecule has 0 atom stereocenters. The Balaban J connectivity index is 0.000000218. The number of aromatic nitrogens is 5.